The minimum atomic E-state index is -3.82. The summed E-state index contributed by atoms with van der Waals surface area (Å²) in [4.78, 5) is -0.114. The third-order valence-electron chi connectivity index (χ3n) is 1.71. The summed E-state index contributed by atoms with van der Waals surface area (Å²) in [6.07, 6.45) is 0. The Balaban J connectivity index is 3.51. The van der Waals surface area contributed by atoms with E-state index < -0.39 is 9.05 Å². The van der Waals surface area contributed by atoms with Crippen molar-refractivity contribution < 1.29 is 13.2 Å². The molecule has 0 bridgehead atoms. The minimum Gasteiger partial charge on any atom is -0.495 e. The fourth-order valence-electron chi connectivity index (χ4n) is 0.987. The molecule has 0 saturated heterocycles. The smallest absolute Gasteiger partial charge is 0.265 e. The Morgan fingerprint density at radius 2 is 1.93 bits per heavy atom. The molecule has 0 aliphatic heterocycles. The normalized spacial score (nSPS) is 11.4. The van der Waals surface area contributed by atoms with Gasteiger partial charge in [0.1, 0.15) is 10.6 Å². The second-order valence-electron chi connectivity index (χ2n) is 2.69. The van der Waals surface area contributed by atoms with Gasteiger partial charge in [-0.3, -0.25) is 0 Å². The van der Waals surface area contributed by atoms with E-state index in [0.29, 0.717) is 5.02 Å². The van der Waals surface area contributed by atoms with Crippen LogP contribution in [0.1, 0.15) is 5.56 Å². The molecule has 78 valence electrons. The second kappa shape index (κ2) is 3.96. The van der Waals surface area contributed by atoms with Crippen LogP contribution in [0.3, 0.4) is 0 Å². The van der Waals surface area contributed by atoms with E-state index in [0.717, 1.165) is 5.56 Å². The lowest BCUT2D eigenvalue weighted by Crippen LogP contribution is -1.97. The van der Waals surface area contributed by atoms with Crippen molar-refractivity contribution in [1.29, 1.82) is 0 Å². The van der Waals surface area contributed by atoms with Crippen molar-refractivity contribution in [2.24, 2.45) is 0 Å². The first kappa shape index (κ1) is 11.6. The summed E-state index contributed by atoms with van der Waals surface area (Å²) in [7, 11) is 2.75. The van der Waals surface area contributed by atoms with Crippen LogP contribution >= 0.6 is 22.3 Å². The van der Waals surface area contributed by atoms with Gasteiger partial charge in [0.2, 0.25) is 0 Å². The van der Waals surface area contributed by atoms with Gasteiger partial charge in [0.25, 0.3) is 9.05 Å². The van der Waals surface area contributed by atoms with E-state index in [1.807, 2.05) is 0 Å². The number of benzene rings is 1. The van der Waals surface area contributed by atoms with Crippen molar-refractivity contribution in [1.82, 2.24) is 0 Å². The first-order chi connectivity index (χ1) is 6.36. The number of halogens is 2. The van der Waals surface area contributed by atoms with Gasteiger partial charge in [0, 0.05) is 15.7 Å². The van der Waals surface area contributed by atoms with Gasteiger partial charge in [-0.2, -0.15) is 0 Å². The molecule has 6 heteroatoms. The van der Waals surface area contributed by atoms with Crippen LogP contribution in [0.4, 0.5) is 0 Å². The SMILES string of the molecule is COc1cc(C)c(Cl)cc1S(=O)(=O)Cl. The van der Waals surface area contributed by atoms with Gasteiger partial charge in [0.15, 0.2) is 0 Å². The van der Waals surface area contributed by atoms with E-state index in [1.165, 1.54) is 19.2 Å². The van der Waals surface area contributed by atoms with Gasteiger partial charge in [-0.15, -0.1) is 0 Å². The lowest BCUT2D eigenvalue weighted by Gasteiger charge is -2.07. The van der Waals surface area contributed by atoms with Crippen LogP contribution < -0.4 is 4.74 Å². The zero-order valence-electron chi connectivity index (χ0n) is 7.54. The van der Waals surface area contributed by atoms with E-state index in [4.69, 9.17) is 27.0 Å². The Labute approximate surface area is 92.0 Å². The molecule has 14 heavy (non-hydrogen) atoms. The zero-order chi connectivity index (χ0) is 10.9. The van der Waals surface area contributed by atoms with Crippen molar-refractivity contribution >= 4 is 31.3 Å². The van der Waals surface area contributed by atoms with Gasteiger partial charge >= 0.3 is 0 Å². The van der Waals surface area contributed by atoms with Gasteiger partial charge in [-0.1, -0.05) is 11.6 Å². The predicted octanol–water partition coefficient (Wildman–Crippen LogP) is 2.58. The number of methoxy groups -OCH3 is 1. The maximum Gasteiger partial charge on any atom is 0.265 e. The van der Waals surface area contributed by atoms with Gasteiger partial charge in [-0.05, 0) is 24.6 Å². The molecule has 1 aromatic carbocycles. The molecule has 0 heterocycles. The van der Waals surface area contributed by atoms with Crippen LogP contribution in [0.5, 0.6) is 5.75 Å². The van der Waals surface area contributed by atoms with Gasteiger partial charge < -0.3 is 4.74 Å². The molecule has 0 aliphatic carbocycles. The van der Waals surface area contributed by atoms with E-state index in [2.05, 4.69) is 0 Å². The van der Waals surface area contributed by atoms with Gasteiger partial charge in [0.05, 0.1) is 7.11 Å². The molecule has 0 amide bonds. The Bertz CT molecular complexity index is 454. The summed E-state index contributed by atoms with van der Waals surface area (Å²) in [5.74, 6) is 0.196. The summed E-state index contributed by atoms with van der Waals surface area (Å²) < 4.78 is 27.1. The van der Waals surface area contributed by atoms with Crippen LogP contribution in [0.25, 0.3) is 0 Å². The topological polar surface area (TPSA) is 43.4 Å². The molecule has 0 N–H and O–H groups in total. The van der Waals surface area contributed by atoms with Crippen molar-refractivity contribution in [2.45, 2.75) is 11.8 Å². The largest absolute Gasteiger partial charge is 0.495 e. The third-order valence-corrected chi connectivity index (χ3v) is 3.46. The first-order valence-corrected chi connectivity index (χ1v) is 6.34. The lowest BCUT2D eigenvalue weighted by atomic mass is 10.2. The summed E-state index contributed by atoms with van der Waals surface area (Å²) >= 11 is 5.77. The molecule has 1 rings (SSSR count). The third kappa shape index (κ3) is 2.32. The maximum absolute atomic E-state index is 11.1. The quantitative estimate of drug-likeness (QED) is 0.763. The molecule has 0 unspecified atom stereocenters. The molecular weight excluding hydrogens is 247 g/mol. The maximum atomic E-state index is 11.1. The van der Waals surface area contributed by atoms with Crippen molar-refractivity contribution in [2.75, 3.05) is 7.11 Å². The number of hydrogen-bond acceptors (Lipinski definition) is 3. The highest BCUT2D eigenvalue weighted by Gasteiger charge is 2.18. The Morgan fingerprint density at radius 1 is 1.36 bits per heavy atom. The molecule has 0 aromatic heterocycles. The molecule has 0 radical (unpaired) electrons. The van der Waals surface area contributed by atoms with Crippen LogP contribution in [-0.2, 0) is 9.05 Å². The molecule has 0 saturated carbocycles. The van der Waals surface area contributed by atoms with E-state index in [-0.39, 0.29) is 10.6 Å². The summed E-state index contributed by atoms with van der Waals surface area (Å²) in [6, 6.07) is 2.80. The van der Waals surface area contributed by atoms with Crippen LogP contribution in [-0.4, -0.2) is 15.5 Å². The Kier molecular flexibility index (Phi) is 3.29. The molecule has 0 atom stereocenters. The van der Waals surface area contributed by atoms with Crippen molar-refractivity contribution in [3.05, 3.63) is 22.7 Å². The number of hydrogen-bond donors (Lipinski definition) is 0. The van der Waals surface area contributed by atoms with Crippen LogP contribution in [0.15, 0.2) is 17.0 Å². The predicted molar refractivity (Wildman–Crippen MR) is 55.8 cm³/mol. The standard InChI is InChI=1S/C8H8Cl2O3S/c1-5-3-7(13-2)8(4-6(5)9)14(10,11)12/h3-4H,1-2H3. The van der Waals surface area contributed by atoms with Crippen LogP contribution in [0, 0.1) is 6.92 Å². The fraction of sp³-hybridized carbons (Fsp3) is 0.250. The summed E-state index contributed by atoms with van der Waals surface area (Å²) in [5, 5.41) is 0.338. The molecule has 3 nitrogen and oxygen atoms in total. The van der Waals surface area contributed by atoms with Gasteiger partial charge in [-0.25, -0.2) is 8.42 Å². The average Bonchev–Trinajstić information content (AvgIpc) is 2.07. The lowest BCUT2D eigenvalue weighted by molar-refractivity contribution is 0.403. The van der Waals surface area contributed by atoms with Crippen molar-refractivity contribution in [3.63, 3.8) is 0 Å². The second-order valence-corrected chi connectivity index (χ2v) is 5.63. The molecule has 0 fully saturated rings. The Morgan fingerprint density at radius 3 is 2.36 bits per heavy atom. The molecule has 0 spiro atoms. The van der Waals surface area contributed by atoms with E-state index >= 15 is 0 Å². The van der Waals surface area contributed by atoms with E-state index in [1.54, 1.807) is 6.92 Å². The molecular formula is C8H8Cl2O3S. The minimum absolute atomic E-state index is 0.114. The molecule has 0 aliphatic rings. The molecule has 1 aromatic rings. The first-order valence-electron chi connectivity index (χ1n) is 3.65. The number of ether oxygens (including phenoxy) is 1. The fourth-order valence-corrected chi connectivity index (χ4v) is 2.22. The highest BCUT2D eigenvalue weighted by molar-refractivity contribution is 8.13. The number of rotatable bonds is 2. The highest BCUT2D eigenvalue weighted by atomic mass is 35.7. The zero-order valence-corrected chi connectivity index (χ0v) is 9.87. The van der Waals surface area contributed by atoms with Crippen molar-refractivity contribution in [3.8, 4) is 5.75 Å². The monoisotopic (exact) mass is 254 g/mol. The average molecular weight is 255 g/mol. The highest BCUT2D eigenvalue weighted by Crippen LogP contribution is 2.31. The van der Waals surface area contributed by atoms with E-state index in [9.17, 15) is 8.42 Å². The van der Waals surface area contributed by atoms with Crippen LogP contribution in [0.2, 0.25) is 5.02 Å². The number of aryl methyl sites for hydroxylation is 1. The summed E-state index contributed by atoms with van der Waals surface area (Å²) in [5.41, 5.74) is 0.729. The summed E-state index contributed by atoms with van der Waals surface area (Å²) in [6.45, 7) is 1.75. The Hall–Kier alpha value is -0.450.